The molecule has 0 unspecified atom stereocenters. The van der Waals surface area contributed by atoms with Crippen LogP contribution in [-0.4, -0.2) is 55.9 Å². The van der Waals surface area contributed by atoms with Crippen LogP contribution in [0.15, 0.2) is 11.8 Å². The average molecular weight is 497 g/mol. The average Bonchev–Trinajstić information content (AvgIpc) is 3.09. The second kappa shape index (κ2) is 18.9. The standard InChI is InChI=1S/C16H32O2.C6H9O8P/c1-2-3-4-5-6-7-8-9-10-11-12-13-14-15-16(17)18;7-2-3(8)4-1-5(6(9)13-4)14-15(10,11)12/h2-15H2,1H3,(H,17,18);1,3-4,7-8H,2H2,(H2,10,11,12)/t;3-,4-/m.0/s1. The largest absolute Gasteiger partial charge is 0.525 e. The zero-order valence-corrected chi connectivity index (χ0v) is 20.5. The van der Waals surface area contributed by atoms with Crippen LogP contribution >= 0.6 is 7.82 Å². The Hall–Kier alpha value is -1.45. The first-order valence-electron chi connectivity index (χ1n) is 11.8. The number of carboxylic acid groups (broad SMARTS) is 1. The molecule has 0 aromatic heterocycles. The minimum absolute atomic E-state index is 0.345. The van der Waals surface area contributed by atoms with Crippen molar-refractivity contribution in [3.05, 3.63) is 11.8 Å². The van der Waals surface area contributed by atoms with Crippen molar-refractivity contribution in [1.82, 2.24) is 0 Å². The Morgan fingerprint density at radius 3 is 1.85 bits per heavy atom. The molecule has 1 aliphatic rings. The van der Waals surface area contributed by atoms with E-state index in [-0.39, 0.29) is 0 Å². The second-order valence-corrected chi connectivity index (χ2v) is 9.28. The van der Waals surface area contributed by atoms with Gasteiger partial charge in [-0.05, 0) is 6.42 Å². The van der Waals surface area contributed by atoms with Crippen molar-refractivity contribution < 1.29 is 48.5 Å². The Balaban J connectivity index is 0.000000629. The number of carbonyl (C=O) groups is 2. The number of cyclic esters (lactones) is 1. The molecule has 2 atom stereocenters. The molecule has 11 heteroatoms. The summed E-state index contributed by atoms with van der Waals surface area (Å²) in [4.78, 5) is 38.0. The summed E-state index contributed by atoms with van der Waals surface area (Å²) in [6.07, 6.45) is 15.6. The van der Waals surface area contributed by atoms with Gasteiger partial charge >= 0.3 is 19.8 Å². The van der Waals surface area contributed by atoms with Gasteiger partial charge in [-0.3, -0.25) is 14.6 Å². The molecule has 10 nitrogen and oxygen atoms in total. The molecule has 0 radical (unpaired) electrons. The maximum Gasteiger partial charge on any atom is 0.525 e. The number of carboxylic acids is 1. The van der Waals surface area contributed by atoms with Crippen molar-refractivity contribution in [1.29, 1.82) is 0 Å². The van der Waals surface area contributed by atoms with Crippen molar-refractivity contribution in [2.45, 2.75) is 109 Å². The summed E-state index contributed by atoms with van der Waals surface area (Å²) >= 11 is 0. The van der Waals surface area contributed by atoms with Crippen LogP contribution in [0.5, 0.6) is 0 Å². The molecule has 0 aromatic rings. The van der Waals surface area contributed by atoms with Gasteiger partial charge in [0.2, 0.25) is 5.76 Å². The number of unbranched alkanes of at least 4 members (excludes halogenated alkanes) is 12. The van der Waals surface area contributed by atoms with E-state index in [2.05, 4.69) is 16.2 Å². The molecule has 0 bridgehead atoms. The number of ether oxygens (including phenoxy) is 1. The Bertz CT molecular complexity index is 616. The zero-order valence-electron chi connectivity index (χ0n) is 19.6. The van der Waals surface area contributed by atoms with Crippen LogP contribution in [-0.2, 0) is 23.4 Å². The number of aliphatic hydroxyl groups is 2. The molecule has 5 N–H and O–H groups in total. The van der Waals surface area contributed by atoms with E-state index in [9.17, 15) is 14.2 Å². The Kier molecular flexibility index (Phi) is 18.1. The first-order valence-corrected chi connectivity index (χ1v) is 13.3. The van der Waals surface area contributed by atoms with E-state index in [0.29, 0.717) is 6.42 Å². The van der Waals surface area contributed by atoms with Crippen LogP contribution < -0.4 is 0 Å². The van der Waals surface area contributed by atoms with Gasteiger partial charge in [-0.15, -0.1) is 0 Å². The molecule has 33 heavy (non-hydrogen) atoms. The molecule has 1 rings (SSSR count). The molecule has 0 spiro atoms. The quantitative estimate of drug-likeness (QED) is 0.107. The zero-order chi connectivity index (χ0) is 25.1. The summed E-state index contributed by atoms with van der Waals surface area (Å²) in [5.41, 5.74) is 0. The molecule has 0 saturated carbocycles. The maximum absolute atomic E-state index is 10.9. The number of hydrogen-bond acceptors (Lipinski definition) is 7. The Labute approximate surface area is 196 Å². The van der Waals surface area contributed by atoms with Gasteiger partial charge in [-0.25, -0.2) is 9.36 Å². The number of carbonyl (C=O) groups excluding carboxylic acids is 1. The van der Waals surface area contributed by atoms with Crippen molar-refractivity contribution >= 4 is 19.8 Å². The van der Waals surface area contributed by atoms with Crippen LogP contribution in [0.2, 0.25) is 0 Å². The van der Waals surface area contributed by atoms with Gasteiger partial charge in [-0.1, -0.05) is 84.0 Å². The number of esters is 1. The lowest BCUT2D eigenvalue weighted by molar-refractivity contribution is -0.146. The summed E-state index contributed by atoms with van der Waals surface area (Å²) in [7, 11) is -4.83. The highest BCUT2D eigenvalue weighted by Gasteiger charge is 2.35. The topological polar surface area (TPSA) is 171 Å². The first-order chi connectivity index (χ1) is 15.6. The van der Waals surface area contributed by atoms with Crippen LogP contribution in [0.1, 0.15) is 96.8 Å². The lowest BCUT2D eigenvalue weighted by Gasteiger charge is -2.11. The first kappa shape index (κ1) is 31.6. The number of aliphatic hydroxyl groups excluding tert-OH is 2. The third kappa shape index (κ3) is 18.6. The maximum atomic E-state index is 10.9. The molecule has 0 aliphatic carbocycles. The van der Waals surface area contributed by atoms with Gasteiger partial charge in [0.25, 0.3) is 0 Å². The van der Waals surface area contributed by atoms with Crippen molar-refractivity contribution in [3.63, 3.8) is 0 Å². The normalized spacial score (nSPS) is 16.5. The molecule has 0 amide bonds. The van der Waals surface area contributed by atoms with Crippen molar-refractivity contribution in [3.8, 4) is 0 Å². The molecule has 0 aromatic carbocycles. The summed E-state index contributed by atoms with van der Waals surface area (Å²) in [5, 5.41) is 26.1. The second-order valence-electron chi connectivity index (χ2n) is 8.12. The molecule has 0 saturated heterocycles. The summed E-state index contributed by atoms with van der Waals surface area (Å²) < 4.78 is 18.8. The highest BCUT2D eigenvalue weighted by Crippen LogP contribution is 2.40. The summed E-state index contributed by atoms with van der Waals surface area (Å²) in [6.45, 7) is 1.61. The predicted molar refractivity (Wildman–Crippen MR) is 122 cm³/mol. The highest BCUT2D eigenvalue weighted by molar-refractivity contribution is 7.46. The van der Waals surface area contributed by atoms with Gasteiger partial charge in [-0.2, -0.15) is 0 Å². The minimum Gasteiger partial charge on any atom is -0.481 e. The van der Waals surface area contributed by atoms with E-state index in [1.807, 2.05) is 0 Å². The van der Waals surface area contributed by atoms with E-state index in [1.54, 1.807) is 0 Å². The van der Waals surface area contributed by atoms with Crippen LogP contribution in [0, 0.1) is 0 Å². The van der Waals surface area contributed by atoms with Crippen LogP contribution in [0.4, 0.5) is 0 Å². The summed E-state index contributed by atoms with van der Waals surface area (Å²) in [6, 6.07) is 0. The Morgan fingerprint density at radius 1 is 1.00 bits per heavy atom. The fourth-order valence-corrected chi connectivity index (χ4v) is 3.61. The fraction of sp³-hybridized carbons (Fsp3) is 0.818. The number of aliphatic carboxylic acids is 1. The molecule has 1 heterocycles. The predicted octanol–water partition coefficient (Wildman–Crippen LogP) is 3.81. The number of rotatable bonds is 18. The Morgan fingerprint density at radius 2 is 1.45 bits per heavy atom. The van der Waals surface area contributed by atoms with Crippen molar-refractivity contribution in [2.24, 2.45) is 0 Å². The van der Waals surface area contributed by atoms with E-state index in [1.165, 1.54) is 70.6 Å². The van der Waals surface area contributed by atoms with E-state index >= 15 is 0 Å². The molecular formula is C22H41O10P. The third-order valence-electron chi connectivity index (χ3n) is 5.04. The van der Waals surface area contributed by atoms with Gasteiger partial charge in [0, 0.05) is 12.5 Å². The molecule has 1 aliphatic heterocycles. The van der Waals surface area contributed by atoms with E-state index in [4.69, 9.17) is 25.1 Å². The van der Waals surface area contributed by atoms with Crippen LogP contribution in [0.25, 0.3) is 0 Å². The van der Waals surface area contributed by atoms with Gasteiger partial charge in [0.05, 0.1) is 6.61 Å². The minimum atomic E-state index is -4.83. The van der Waals surface area contributed by atoms with Crippen molar-refractivity contribution in [2.75, 3.05) is 6.61 Å². The van der Waals surface area contributed by atoms with Crippen LogP contribution in [0.3, 0.4) is 0 Å². The van der Waals surface area contributed by atoms with Gasteiger partial charge in [0.1, 0.15) is 6.10 Å². The molecule has 194 valence electrons. The number of phosphoric ester groups is 1. The third-order valence-corrected chi connectivity index (χ3v) is 5.47. The summed E-state index contributed by atoms with van der Waals surface area (Å²) in [5.74, 6) is -2.44. The van der Waals surface area contributed by atoms with E-state index < -0.39 is 44.3 Å². The number of hydrogen-bond donors (Lipinski definition) is 5. The lowest BCUT2D eigenvalue weighted by Crippen LogP contribution is -2.28. The SMILES string of the molecule is CCCCCCCCCCCCCCCC(=O)O.O=C1O[C@H]([C@@H](O)CO)C=C1OP(=O)(O)O. The monoisotopic (exact) mass is 496 g/mol. The molecule has 0 fully saturated rings. The fourth-order valence-electron chi connectivity index (χ4n) is 3.22. The lowest BCUT2D eigenvalue weighted by atomic mass is 10.0. The molecular weight excluding hydrogens is 455 g/mol. The number of phosphoric acid groups is 1. The highest BCUT2D eigenvalue weighted by atomic mass is 31.2. The van der Waals surface area contributed by atoms with E-state index in [0.717, 1.165) is 18.9 Å². The van der Waals surface area contributed by atoms with Gasteiger partial charge < -0.3 is 24.6 Å². The smallest absolute Gasteiger partial charge is 0.481 e. The van der Waals surface area contributed by atoms with Gasteiger partial charge in [0.15, 0.2) is 6.10 Å².